The number of pyridine rings is 1. The van der Waals surface area contributed by atoms with Crippen molar-refractivity contribution in [2.45, 2.75) is 39.7 Å². The second kappa shape index (κ2) is 7.74. The molecule has 0 radical (unpaired) electrons. The van der Waals surface area contributed by atoms with Gasteiger partial charge in [-0.15, -0.1) is 0 Å². The quantitative estimate of drug-likeness (QED) is 0.772. The molecule has 1 amide bonds. The molecule has 142 valence electrons. The Morgan fingerprint density at radius 1 is 1.38 bits per heavy atom. The normalized spacial score (nSPS) is 26.5. The summed E-state index contributed by atoms with van der Waals surface area (Å²) in [6.07, 6.45) is 4.87. The molecular formula is C20H29N3O3. The van der Waals surface area contributed by atoms with Gasteiger partial charge >= 0.3 is 5.97 Å². The zero-order chi connectivity index (χ0) is 18.7. The van der Waals surface area contributed by atoms with Crippen LogP contribution in [0.5, 0.6) is 0 Å². The number of carbonyl (C=O) groups is 2. The average molecular weight is 359 g/mol. The maximum Gasteiger partial charge on any atom is 0.313 e. The lowest BCUT2D eigenvalue weighted by Crippen LogP contribution is -2.43. The van der Waals surface area contributed by atoms with Crippen LogP contribution in [0, 0.1) is 11.3 Å². The van der Waals surface area contributed by atoms with Crippen molar-refractivity contribution < 1.29 is 14.3 Å². The van der Waals surface area contributed by atoms with Gasteiger partial charge in [0.15, 0.2) is 0 Å². The van der Waals surface area contributed by atoms with Crippen molar-refractivity contribution in [2.24, 2.45) is 11.3 Å². The van der Waals surface area contributed by atoms with Crippen LogP contribution >= 0.6 is 0 Å². The molecule has 6 heteroatoms. The second-order valence-corrected chi connectivity index (χ2v) is 7.69. The van der Waals surface area contributed by atoms with E-state index in [2.05, 4.69) is 23.7 Å². The number of amides is 1. The van der Waals surface area contributed by atoms with E-state index in [1.54, 1.807) is 24.5 Å². The zero-order valence-electron chi connectivity index (χ0n) is 16.0. The summed E-state index contributed by atoms with van der Waals surface area (Å²) in [4.78, 5) is 34.1. The van der Waals surface area contributed by atoms with Crippen LogP contribution in [0.1, 0.15) is 44.0 Å². The molecule has 2 saturated heterocycles. The molecule has 1 aromatic heterocycles. The number of hydrogen-bond acceptors (Lipinski definition) is 5. The van der Waals surface area contributed by atoms with Gasteiger partial charge in [0, 0.05) is 50.5 Å². The minimum Gasteiger partial charge on any atom is -0.466 e. The van der Waals surface area contributed by atoms with Gasteiger partial charge in [-0.3, -0.25) is 19.5 Å². The van der Waals surface area contributed by atoms with E-state index in [0.29, 0.717) is 31.3 Å². The van der Waals surface area contributed by atoms with E-state index >= 15 is 0 Å². The van der Waals surface area contributed by atoms with Crippen LogP contribution in [0.3, 0.4) is 0 Å². The number of likely N-dealkylation sites (tertiary alicyclic amines) is 2. The molecule has 0 saturated carbocycles. The van der Waals surface area contributed by atoms with Gasteiger partial charge in [0.1, 0.15) is 0 Å². The Bertz CT molecular complexity index is 649. The molecule has 0 N–H and O–H groups in total. The predicted molar refractivity (Wildman–Crippen MR) is 98.6 cm³/mol. The molecule has 1 aromatic rings. The first-order valence-corrected chi connectivity index (χ1v) is 9.58. The van der Waals surface area contributed by atoms with E-state index < -0.39 is 5.41 Å². The minimum absolute atomic E-state index is 0.000700. The number of aromatic nitrogens is 1. The largest absolute Gasteiger partial charge is 0.466 e. The smallest absolute Gasteiger partial charge is 0.313 e. The minimum atomic E-state index is -0.496. The Balaban J connectivity index is 1.85. The Morgan fingerprint density at radius 2 is 2.19 bits per heavy atom. The average Bonchev–Trinajstić information content (AvgIpc) is 2.91. The fourth-order valence-electron chi connectivity index (χ4n) is 4.33. The van der Waals surface area contributed by atoms with Crippen molar-refractivity contribution in [3.8, 4) is 0 Å². The number of fused-ring (bicyclic) bond motifs is 1. The summed E-state index contributed by atoms with van der Waals surface area (Å²) < 4.78 is 5.47. The summed E-state index contributed by atoms with van der Waals surface area (Å²) in [5.41, 5.74) is 0.111. The van der Waals surface area contributed by atoms with Crippen LogP contribution in [0.4, 0.5) is 0 Å². The van der Waals surface area contributed by atoms with Gasteiger partial charge in [-0.1, -0.05) is 0 Å². The fourth-order valence-corrected chi connectivity index (χ4v) is 4.33. The van der Waals surface area contributed by atoms with Gasteiger partial charge < -0.3 is 9.64 Å². The van der Waals surface area contributed by atoms with Gasteiger partial charge in [0.25, 0.3) is 5.91 Å². The van der Waals surface area contributed by atoms with Gasteiger partial charge in [0.05, 0.1) is 17.6 Å². The first-order chi connectivity index (χ1) is 12.5. The van der Waals surface area contributed by atoms with Crippen LogP contribution < -0.4 is 0 Å². The van der Waals surface area contributed by atoms with E-state index in [9.17, 15) is 9.59 Å². The third-order valence-electron chi connectivity index (χ3n) is 5.82. The number of hydrogen-bond donors (Lipinski definition) is 0. The summed E-state index contributed by atoms with van der Waals surface area (Å²) in [6.45, 7) is 9.38. The van der Waals surface area contributed by atoms with Crippen molar-refractivity contribution in [1.29, 1.82) is 0 Å². The first kappa shape index (κ1) is 18.8. The third-order valence-corrected chi connectivity index (χ3v) is 5.82. The summed E-state index contributed by atoms with van der Waals surface area (Å²) in [5.74, 6) is 0.0108. The first-order valence-electron chi connectivity index (χ1n) is 9.58. The molecule has 2 aliphatic heterocycles. The van der Waals surface area contributed by atoms with Crippen LogP contribution in [-0.2, 0) is 9.53 Å². The standard InChI is InChI=1S/C20H29N3O3/c1-4-26-19(25)20-8-6-10-22(18(24)16-7-5-9-21-11-16)12-17(20)13-23(14-20)15(2)3/h5,7,9,11,15,17H,4,6,8,10,12-14H2,1-3H3/t17-,20-/m1/s1. The summed E-state index contributed by atoms with van der Waals surface area (Å²) in [7, 11) is 0. The molecule has 2 atom stereocenters. The molecular weight excluding hydrogens is 330 g/mol. The highest BCUT2D eigenvalue weighted by Crippen LogP contribution is 2.44. The Morgan fingerprint density at radius 3 is 2.85 bits per heavy atom. The number of nitrogens with zero attached hydrogens (tertiary/aromatic N) is 3. The van der Waals surface area contributed by atoms with E-state index in [1.165, 1.54) is 0 Å². The molecule has 2 aliphatic rings. The molecule has 26 heavy (non-hydrogen) atoms. The van der Waals surface area contributed by atoms with E-state index in [4.69, 9.17) is 4.74 Å². The van der Waals surface area contributed by atoms with Crippen LogP contribution in [-0.4, -0.2) is 65.5 Å². The highest BCUT2D eigenvalue weighted by Gasteiger charge is 2.54. The molecule has 0 aliphatic carbocycles. The SMILES string of the molecule is CCOC(=O)[C@@]12CCCN(C(=O)c3cccnc3)C[C@@H]1CN(C(C)C)C2. The zero-order valence-corrected chi connectivity index (χ0v) is 16.0. The molecule has 3 heterocycles. The molecule has 6 nitrogen and oxygen atoms in total. The van der Waals surface area contributed by atoms with Crippen molar-refractivity contribution in [3.05, 3.63) is 30.1 Å². The highest BCUT2D eigenvalue weighted by molar-refractivity contribution is 5.94. The van der Waals surface area contributed by atoms with Crippen molar-refractivity contribution in [3.63, 3.8) is 0 Å². The molecule has 0 aromatic carbocycles. The summed E-state index contributed by atoms with van der Waals surface area (Å²) in [6, 6.07) is 3.95. The number of rotatable bonds is 4. The lowest BCUT2D eigenvalue weighted by atomic mass is 9.75. The van der Waals surface area contributed by atoms with Gasteiger partial charge in [-0.25, -0.2) is 0 Å². The monoisotopic (exact) mass is 359 g/mol. The number of carbonyl (C=O) groups excluding carboxylic acids is 2. The number of esters is 1. The van der Waals surface area contributed by atoms with Crippen LogP contribution in [0.15, 0.2) is 24.5 Å². The molecule has 2 fully saturated rings. The highest BCUT2D eigenvalue weighted by atomic mass is 16.5. The topological polar surface area (TPSA) is 62.7 Å². The molecule has 3 rings (SSSR count). The lowest BCUT2D eigenvalue weighted by molar-refractivity contribution is -0.157. The third kappa shape index (κ3) is 3.47. The predicted octanol–water partition coefficient (Wildman–Crippen LogP) is 2.21. The van der Waals surface area contributed by atoms with E-state index in [-0.39, 0.29) is 17.8 Å². The van der Waals surface area contributed by atoms with Crippen molar-refractivity contribution >= 4 is 11.9 Å². The fraction of sp³-hybridized carbons (Fsp3) is 0.650. The Labute approximate surface area is 155 Å². The summed E-state index contributed by atoms with van der Waals surface area (Å²) in [5, 5.41) is 0. The van der Waals surface area contributed by atoms with Crippen molar-refractivity contribution in [2.75, 3.05) is 32.8 Å². The summed E-state index contributed by atoms with van der Waals surface area (Å²) >= 11 is 0. The molecule has 0 spiro atoms. The van der Waals surface area contributed by atoms with Gasteiger partial charge in [-0.05, 0) is 45.7 Å². The van der Waals surface area contributed by atoms with E-state index in [1.807, 2.05) is 11.8 Å². The second-order valence-electron chi connectivity index (χ2n) is 7.69. The number of ether oxygens (including phenoxy) is 1. The molecule has 0 unspecified atom stereocenters. The van der Waals surface area contributed by atoms with Crippen molar-refractivity contribution in [1.82, 2.24) is 14.8 Å². The Hall–Kier alpha value is -1.95. The maximum atomic E-state index is 12.9. The van der Waals surface area contributed by atoms with Gasteiger partial charge in [0.2, 0.25) is 0 Å². The van der Waals surface area contributed by atoms with E-state index in [0.717, 1.165) is 25.9 Å². The lowest BCUT2D eigenvalue weighted by Gasteiger charge is -2.31. The maximum absolute atomic E-state index is 12.9. The van der Waals surface area contributed by atoms with Crippen LogP contribution in [0.25, 0.3) is 0 Å². The van der Waals surface area contributed by atoms with Gasteiger partial charge in [-0.2, -0.15) is 0 Å². The molecule has 0 bridgehead atoms. The Kier molecular flexibility index (Phi) is 5.61. The van der Waals surface area contributed by atoms with Crippen LogP contribution in [0.2, 0.25) is 0 Å².